The summed E-state index contributed by atoms with van der Waals surface area (Å²) in [6, 6.07) is 4.22. The van der Waals surface area contributed by atoms with Crippen LogP contribution in [-0.2, 0) is 5.41 Å². The second-order valence-corrected chi connectivity index (χ2v) is 7.56. The quantitative estimate of drug-likeness (QED) is 0.841. The van der Waals surface area contributed by atoms with E-state index in [2.05, 4.69) is 17.1 Å². The normalized spacial score (nSPS) is 33.4. The number of alkyl halides is 3. The van der Waals surface area contributed by atoms with Crippen molar-refractivity contribution in [2.45, 2.75) is 68.1 Å². The Hall–Kier alpha value is -1.61. The molecule has 3 fully saturated rings. The van der Waals surface area contributed by atoms with Crippen LogP contribution in [0.1, 0.15) is 55.6 Å². The number of pyridine rings is 1. The van der Waals surface area contributed by atoms with Crippen molar-refractivity contribution in [3.63, 3.8) is 0 Å². The van der Waals surface area contributed by atoms with Crippen LogP contribution >= 0.6 is 0 Å². The third kappa shape index (κ3) is 2.79. The molecule has 0 spiro atoms. The van der Waals surface area contributed by atoms with Crippen LogP contribution < -0.4 is 0 Å². The smallest absolute Gasteiger partial charge is 0.289 e. The highest BCUT2D eigenvalue weighted by atomic mass is 19.4. The van der Waals surface area contributed by atoms with Gasteiger partial charge in [0.15, 0.2) is 0 Å². The van der Waals surface area contributed by atoms with E-state index in [1.807, 2.05) is 6.20 Å². The second kappa shape index (κ2) is 5.45. The molecule has 1 aromatic heterocycles. The SMILES string of the molecule is N#CC1(c2cncc(C3CC3)c2)CC2CCC(C1)N2CC(F)(F)F. The third-order valence-electron chi connectivity index (χ3n) is 5.88. The van der Waals surface area contributed by atoms with E-state index in [0.717, 1.165) is 31.2 Å². The number of halogens is 3. The van der Waals surface area contributed by atoms with Crippen molar-refractivity contribution >= 4 is 0 Å². The van der Waals surface area contributed by atoms with Gasteiger partial charge in [-0.2, -0.15) is 18.4 Å². The summed E-state index contributed by atoms with van der Waals surface area (Å²) in [5.41, 5.74) is 1.39. The van der Waals surface area contributed by atoms with Gasteiger partial charge < -0.3 is 0 Å². The lowest BCUT2D eigenvalue weighted by Crippen LogP contribution is -2.51. The summed E-state index contributed by atoms with van der Waals surface area (Å²) in [6.07, 6.45) is 4.21. The molecule has 0 radical (unpaired) electrons. The van der Waals surface area contributed by atoms with Crippen molar-refractivity contribution in [1.29, 1.82) is 5.26 Å². The largest absolute Gasteiger partial charge is 0.401 e. The Morgan fingerprint density at radius 2 is 1.83 bits per heavy atom. The molecule has 2 bridgehead atoms. The van der Waals surface area contributed by atoms with Crippen LogP contribution in [0.3, 0.4) is 0 Å². The van der Waals surface area contributed by atoms with Gasteiger partial charge in [0.05, 0.1) is 18.0 Å². The van der Waals surface area contributed by atoms with Crippen LogP contribution in [0.2, 0.25) is 0 Å². The Labute approximate surface area is 139 Å². The number of fused-ring (bicyclic) bond motifs is 2. The van der Waals surface area contributed by atoms with E-state index < -0.39 is 18.1 Å². The van der Waals surface area contributed by atoms with Gasteiger partial charge in [-0.1, -0.05) is 6.07 Å². The zero-order valence-electron chi connectivity index (χ0n) is 13.4. The average molecular weight is 335 g/mol. The van der Waals surface area contributed by atoms with E-state index in [1.54, 1.807) is 11.1 Å². The maximum atomic E-state index is 12.8. The molecule has 0 aromatic carbocycles. The Balaban J connectivity index is 1.61. The van der Waals surface area contributed by atoms with Gasteiger partial charge in [-0.15, -0.1) is 0 Å². The van der Waals surface area contributed by atoms with Gasteiger partial charge in [-0.25, -0.2) is 0 Å². The lowest BCUT2D eigenvalue weighted by molar-refractivity contribution is -0.156. The number of rotatable bonds is 3. The summed E-state index contributed by atoms with van der Waals surface area (Å²) in [5.74, 6) is 0.551. The molecule has 2 saturated heterocycles. The minimum atomic E-state index is -4.18. The van der Waals surface area contributed by atoms with E-state index in [-0.39, 0.29) is 12.1 Å². The molecule has 2 aliphatic heterocycles. The van der Waals surface area contributed by atoms with Gasteiger partial charge in [0, 0.05) is 24.5 Å². The highest BCUT2D eigenvalue weighted by Gasteiger charge is 2.52. The van der Waals surface area contributed by atoms with E-state index in [9.17, 15) is 18.4 Å². The summed E-state index contributed by atoms with van der Waals surface area (Å²) in [6.45, 7) is -0.857. The topological polar surface area (TPSA) is 39.9 Å². The fourth-order valence-electron chi connectivity index (χ4n) is 4.56. The fourth-order valence-corrected chi connectivity index (χ4v) is 4.56. The molecule has 2 atom stereocenters. The molecule has 3 heterocycles. The molecule has 1 aromatic rings. The molecular weight excluding hydrogens is 315 g/mol. The Kier molecular flexibility index (Phi) is 3.61. The van der Waals surface area contributed by atoms with E-state index in [0.29, 0.717) is 18.8 Å². The number of hydrogen-bond donors (Lipinski definition) is 0. The zero-order valence-corrected chi connectivity index (χ0v) is 13.4. The fraction of sp³-hybridized carbons (Fsp3) is 0.667. The number of nitriles is 1. The zero-order chi connectivity index (χ0) is 16.9. The minimum absolute atomic E-state index is 0.158. The van der Waals surface area contributed by atoms with E-state index >= 15 is 0 Å². The first-order valence-corrected chi connectivity index (χ1v) is 8.59. The summed E-state index contributed by atoms with van der Waals surface area (Å²) < 4.78 is 38.5. The average Bonchev–Trinajstić information content (AvgIpc) is 3.35. The molecule has 0 amide bonds. The highest BCUT2D eigenvalue weighted by Crippen LogP contribution is 2.48. The van der Waals surface area contributed by atoms with Crippen LogP contribution in [0, 0.1) is 11.3 Å². The van der Waals surface area contributed by atoms with Crippen LogP contribution in [0.4, 0.5) is 13.2 Å². The van der Waals surface area contributed by atoms with Crippen LogP contribution in [0.15, 0.2) is 18.5 Å². The summed E-state index contributed by atoms with van der Waals surface area (Å²) in [7, 11) is 0. The van der Waals surface area contributed by atoms with Gasteiger partial charge in [0.25, 0.3) is 0 Å². The maximum Gasteiger partial charge on any atom is 0.401 e. The molecule has 6 heteroatoms. The summed E-state index contributed by atoms with van der Waals surface area (Å²) in [5, 5.41) is 9.90. The highest BCUT2D eigenvalue weighted by molar-refractivity contribution is 5.37. The van der Waals surface area contributed by atoms with Gasteiger partial charge in [0.2, 0.25) is 0 Å². The Morgan fingerprint density at radius 1 is 1.17 bits per heavy atom. The van der Waals surface area contributed by atoms with Crippen molar-refractivity contribution in [3.8, 4) is 6.07 Å². The van der Waals surface area contributed by atoms with Crippen LogP contribution in [-0.4, -0.2) is 34.7 Å². The molecule has 3 nitrogen and oxygen atoms in total. The number of aromatic nitrogens is 1. The molecule has 24 heavy (non-hydrogen) atoms. The number of nitrogens with zero attached hydrogens (tertiary/aromatic N) is 3. The first-order chi connectivity index (χ1) is 11.4. The first kappa shape index (κ1) is 15.9. The Bertz CT molecular complexity index is 661. The van der Waals surface area contributed by atoms with Crippen molar-refractivity contribution in [2.24, 2.45) is 0 Å². The van der Waals surface area contributed by atoms with Crippen LogP contribution in [0.5, 0.6) is 0 Å². The first-order valence-electron chi connectivity index (χ1n) is 8.59. The second-order valence-electron chi connectivity index (χ2n) is 7.56. The van der Waals surface area contributed by atoms with Crippen molar-refractivity contribution in [2.75, 3.05) is 6.54 Å². The predicted molar refractivity (Wildman–Crippen MR) is 82.3 cm³/mol. The standard InChI is InChI=1S/C18H20F3N3/c19-18(20,21)11-24-15-3-4-16(24)7-17(6-15,10-22)14-5-13(8-23-9-14)12-1-2-12/h5,8-9,12,15-16H,1-4,6-7,11H2. The van der Waals surface area contributed by atoms with Crippen molar-refractivity contribution < 1.29 is 13.2 Å². The van der Waals surface area contributed by atoms with E-state index in [4.69, 9.17) is 0 Å². The molecule has 4 rings (SSSR count). The molecule has 2 unspecified atom stereocenters. The summed E-state index contributed by atoms with van der Waals surface area (Å²) in [4.78, 5) is 5.90. The number of piperidine rings is 1. The van der Waals surface area contributed by atoms with Crippen molar-refractivity contribution in [1.82, 2.24) is 9.88 Å². The lowest BCUT2D eigenvalue weighted by Gasteiger charge is -2.43. The van der Waals surface area contributed by atoms with Gasteiger partial charge >= 0.3 is 6.18 Å². The van der Waals surface area contributed by atoms with E-state index in [1.165, 1.54) is 5.56 Å². The third-order valence-corrected chi connectivity index (χ3v) is 5.88. The molecule has 1 aliphatic carbocycles. The molecule has 128 valence electrons. The van der Waals surface area contributed by atoms with Gasteiger partial charge in [-0.3, -0.25) is 9.88 Å². The number of hydrogen-bond acceptors (Lipinski definition) is 3. The monoisotopic (exact) mass is 335 g/mol. The minimum Gasteiger partial charge on any atom is -0.289 e. The molecule has 0 N–H and O–H groups in total. The van der Waals surface area contributed by atoms with Crippen molar-refractivity contribution in [3.05, 3.63) is 29.6 Å². The van der Waals surface area contributed by atoms with Crippen LogP contribution in [0.25, 0.3) is 0 Å². The Morgan fingerprint density at radius 3 is 2.38 bits per heavy atom. The molecule has 1 saturated carbocycles. The molecular formula is C18H20F3N3. The van der Waals surface area contributed by atoms with Gasteiger partial charge in [0.1, 0.15) is 0 Å². The maximum absolute atomic E-state index is 12.8. The summed E-state index contributed by atoms with van der Waals surface area (Å²) >= 11 is 0. The van der Waals surface area contributed by atoms with Gasteiger partial charge in [-0.05, 0) is 55.6 Å². The lowest BCUT2D eigenvalue weighted by atomic mass is 9.71. The predicted octanol–water partition coefficient (Wildman–Crippen LogP) is 3.91. The molecule has 3 aliphatic rings.